The first-order valence-electron chi connectivity index (χ1n) is 10.5. The van der Waals surface area contributed by atoms with Crippen LogP contribution in [-0.2, 0) is 20.0 Å². The van der Waals surface area contributed by atoms with E-state index in [2.05, 4.69) is 79.8 Å². The fraction of sp³-hybridized carbons (Fsp3) is 0.375. The van der Waals surface area contributed by atoms with Gasteiger partial charge in [-0.15, -0.1) is 0 Å². The van der Waals surface area contributed by atoms with Crippen LogP contribution in [0, 0.1) is 0 Å². The molecule has 2 aliphatic heterocycles. The Hall–Kier alpha value is -2.11. The van der Waals surface area contributed by atoms with Gasteiger partial charge in [-0.25, -0.2) is 0 Å². The fourth-order valence-corrected chi connectivity index (χ4v) is 5.73. The third-order valence-electron chi connectivity index (χ3n) is 6.60. The SMILES string of the molecule is Cn1c2c(c3cccc(Br)c31)C(=O)N(C1CCN(Cc3ccccc3)CC1)CC2. The van der Waals surface area contributed by atoms with Crippen LogP contribution in [-0.4, -0.2) is 46.0 Å². The average Bonchev–Trinajstić information content (AvgIpc) is 3.04. The van der Waals surface area contributed by atoms with E-state index >= 15 is 0 Å². The molecule has 29 heavy (non-hydrogen) atoms. The second-order valence-electron chi connectivity index (χ2n) is 8.26. The number of rotatable bonds is 3. The van der Waals surface area contributed by atoms with E-state index in [1.807, 2.05) is 6.07 Å². The van der Waals surface area contributed by atoms with Gasteiger partial charge in [-0.1, -0.05) is 42.5 Å². The lowest BCUT2D eigenvalue weighted by Gasteiger charge is -2.40. The molecule has 5 rings (SSSR count). The molecule has 3 heterocycles. The Kier molecular flexibility index (Phi) is 4.96. The second-order valence-corrected chi connectivity index (χ2v) is 9.11. The summed E-state index contributed by atoms with van der Waals surface area (Å²) in [6.45, 7) is 3.94. The molecule has 1 amide bonds. The first-order valence-corrected chi connectivity index (χ1v) is 11.3. The maximum absolute atomic E-state index is 13.5. The van der Waals surface area contributed by atoms with E-state index < -0.39 is 0 Å². The minimum Gasteiger partial charge on any atom is -0.346 e. The number of benzene rings is 2. The van der Waals surface area contributed by atoms with Crippen LogP contribution < -0.4 is 0 Å². The number of fused-ring (bicyclic) bond motifs is 3. The third kappa shape index (κ3) is 3.30. The van der Waals surface area contributed by atoms with Gasteiger partial charge in [0.1, 0.15) is 0 Å². The lowest BCUT2D eigenvalue weighted by atomic mass is 9.97. The Morgan fingerprint density at radius 2 is 1.76 bits per heavy atom. The smallest absolute Gasteiger partial charge is 0.256 e. The molecule has 5 heteroatoms. The Balaban J connectivity index is 1.33. The minimum absolute atomic E-state index is 0.219. The number of halogens is 1. The highest BCUT2D eigenvalue weighted by molar-refractivity contribution is 9.10. The van der Waals surface area contributed by atoms with Crippen molar-refractivity contribution >= 4 is 32.7 Å². The number of hydrogen-bond donors (Lipinski definition) is 0. The first-order chi connectivity index (χ1) is 14.1. The summed E-state index contributed by atoms with van der Waals surface area (Å²) >= 11 is 3.67. The van der Waals surface area contributed by atoms with Gasteiger partial charge < -0.3 is 9.47 Å². The van der Waals surface area contributed by atoms with Crippen molar-refractivity contribution in [3.05, 3.63) is 69.8 Å². The van der Waals surface area contributed by atoms with E-state index in [0.29, 0.717) is 6.04 Å². The van der Waals surface area contributed by atoms with Crippen molar-refractivity contribution in [1.82, 2.24) is 14.4 Å². The summed E-state index contributed by atoms with van der Waals surface area (Å²) in [5.41, 5.74) is 4.59. The van der Waals surface area contributed by atoms with E-state index in [0.717, 1.165) is 66.4 Å². The van der Waals surface area contributed by atoms with Crippen LogP contribution in [0.5, 0.6) is 0 Å². The number of aryl methyl sites for hydroxylation is 1. The number of carbonyl (C=O) groups is 1. The molecule has 0 N–H and O–H groups in total. The Morgan fingerprint density at radius 1 is 1.00 bits per heavy atom. The molecule has 0 atom stereocenters. The number of amides is 1. The predicted octanol–water partition coefficient (Wildman–Crippen LogP) is 4.60. The minimum atomic E-state index is 0.219. The highest BCUT2D eigenvalue weighted by Crippen LogP contribution is 2.35. The van der Waals surface area contributed by atoms with Crippen molar-refractivity contribution in [3.8, 4) is 0 Å². The highest BCUT2D eigenvalue weighted by atomic mass is 79.9. The van der Waals surface area contributed by atoms with Crippen molar-refractivity contribution in [3.63, 3.8) is 0 Å². The number of para-hydroxylation sites is 1. The van der Waals surface area contributed by atoms with Gasteiger partial charge in [-0.05, 0) is 40.4 Å². The third-order valence-corrected chi connectivity index (χ3v) is 7.24. The molecule has 0 unspecified atom stereocenters. The summed E-state index contributed by atoms with van der Waals surface area (Å²) < 4.78 is 3.26. The number of carbonyl (C=O) groups excluding carboxylic acids is 1. The molecule has 1 saturated heterocycles. The largest absolute Gasteiger partial charge is 0.346 e. The number of nitrogens with zero attached hydrogens (tertiary/aromatic N) is 3. The summed E-state index contributed by atoms with van der Waals surface area (Å²) in [4.78, 5) is 18.2. The highest BCUT2D eigenvalue weighted by Gasteiger charge is 2.35. The van der Waals surface area contributed by atoms with Gasteiger partial charge >= 0.3 is 0 Å². The van der Waals surface area contributed by atoms with Crippen molar-refractivity contribution in [1.29, 1.82) is 0 Å². The molecule has 2 aromatic carbocycles. The Bertz CT molecular complexity index is 1050. The molecule has 2 aliphatic rings. The van der Waals surface area contributed by atoms with Crippen LogP contribution in [0.15, 0.2) is 53.0 Å². The van der Waals surface area contributed by atoms with Crippen LogP contribution in [0.1, 0.15) is 34.5 Å². The van der Waals surface area contributed by atoms with Gasteiger partial charge in [0.05, 0.1) is 11.1 Å². The average molecular weight is 452 g/mol. The zero-order valence-electron chi connectivity index (χ0n) is 16.8. The Labute approximate surface area is 180 Å². The number of piperidine rings is 1. The quantitative estimate of drug-likeness (QED) is 0.581. The van der Waals surface area contributed by atoms with Gasteiger partial charge in [0.25, 0.3) is 5.91 Å². The van der Waals surface area contributed by atoms with Crippen molar-refractivity contribution in [2.24, 2.45) is 7.05 Å². The predicted molar refractivity (Wildman–Crippen MR) is 120 cm³/mol. The van der Waals surface area contributed by atoms with Gasteiger partial charge in [0.15, 0.2) is 0 Å². The molecule has 0 bridgehead atoms. The van der Waals surface area contributed by atoms with Crippen molar-refractivity contribution in [2.45, 2.75) is 31.8 Å². The lowest BCUT2D eigenvalue weighted by molar-refractivity contribution is 0.0546. The number of likely N-dealkylation sites (tertiary alicyclic amines) is 1. The van der Waals surface area contributed by atoms with Gasteiger partial charge in [0, 0.05) is 61.2 Å². The zero-order chi connectivity index (χ0) is 20.0. The molecule has 0 saturated carbocycles. The van der Waals surface area contributed by atoms with Crippen LogP contribution in [0.2, 0.25) is 0 Å². The van der Waals surface area contributed by atoms with Crippen LogP contribution in [0.25, 0.3) is 10.9 Å². The number of aromatic nitrogens is 1. The summed E-state index contributed by atoms with van der Waals surface area (Å²) in [5, 5.41) is 1.08. The molecule has 150 valence electrons. The molecular formula is C24H26BrN3O. The van der Waals surface area contributed by atoms with E-state index in [4.69, 9.17) is 0 Å². The normalized spacial score (nSPS) is 18.4. The van der Waals surface area contributed by atoms with E-state index in [1.165, 1.54) is 11.3 Å². The molecule has 3 aromatic rings. The second kappa shape index (κ2) is 7.62. The van der Waals surface area contributed by atoms with E-state index in [9.17, 15) is 4.79 Å². The molecule has 1 fully saturated rings. The summed E-state index contributed by atoms with van der Waals surface area (Å²) in [7, 11) is 2.08. The summed E-state index contributed by atoms with van der Waals surface area (Å²) in [6.07, 6.45) is 3.05. The molecular weight excluding hydrogens is 426 g/mol. The maximum Gasteiger partial charge on any atom is 0.256 e. The Morgan fingerprint density at radius 3 is 2.52 bits per heavy atom. The summed E-state index contributed by atoms with van der Waals surface area (Å²) in [6, 6.07) is 17.2. The number of hydrogen-bond acceptors (Lipinski definition) is 2. The van der Waals surface area contributed by atoms with Gasteiger partial charge in [-0.3, -0.25) is 9.69 Å². The topological polar surface area (TPSA) is 28.5 Å². The molecule has 4 nitrogen and oxygen atoms in total. The van der Waals surface area contributed by atoms with Crippen LogP contribution >= 0.6 is 15.9 Å². The van der Waals surface area contributed by atoms with Crippen molar-refractivity contribution in [2.75, 3.05) is 19.6 Å². The standard InChI is InChI=1S/C24H26BrN3O/c1-26-21-12-15-28(24(29)22(21)19-8-5-9-20(25)23(19)26)18-10-13-27(14-11-18)16-17-6-3-2-4-7-17/h2-9,18H,10-16H2,1H3. The van der Waals surface area contributed by atoms with Crippen LogP contribution in [0.4, 0.5) is 0 Å². The van der Waals surface area contributed by atoms with Gasteiger partial charge in [-0.2, -0.15) is 0 Å². The van der Waals surface area contributed by atoms with E-state index in [1.54, 1.807) is 0 Å². The fourth-order valence-electron chi connectivity index (χ4n) is 5.10. The molecule has 0 radical (unpaired) electrons. The monoisotopic (exact) mass is 451 g/mol. The maximum atomic E-state index is 13.5. The van der Waals surface area contributed by atoms with Crippen LogP contribution in [0.3, 0.4) is 0 Å². The lowest BCUT2D eigenvalue weighted by Crippen LogP contribution is -2.49. The molecule has 1 aromatic heterocycles. The van der Waals surface area contributed by atoms with E-state index in [-0.39, 0.29) is 5.91 Å². The van der Waals surface area contributed by atoms with Crippen molar-refractivity contribution < 1.29 is 4.79 Å². The zero-order valence-corrected chi connectivity index (χ0v) is 18.4. The molecule has 0 spiro atoms. The first kappa shape index (κ1) is 18.9. The molecule has 0 aliphatic carbocycles. The van der Waals surface area contributed by atoms with Gasteiger partial charge in [0.2, 0.25) is 0 Å². The summed E-state index contributed by atoms with van der Waals surface area (Å²) in [5.74, 6) is 0.219.